The van der Waals surface area contributed by atoms with E-state index in [-0.39, 0.29) is 28.6 Å². The zero-order chi connectivity index (χ0) is 14.5. The Morgan fingerprint density at radius 2 is 2.35 bits per heavy atom. The number of carbonyl (C=O) groups is 1. The van der Waals surface area contributed by atoms with Crippen LogP contribution in [0.3, 0.4) is 0 Å². The molecule has 0 spiro atoms. The fourth-order valence-corrected chi connectivity index (χ4v) is 1.48. The number of aromatic nitrogens is 4. The van der Waals surface area contributed by atoms with Gasteiger partial charge in [-0.1, -0.05) is 5.10 Å². The van der Waals surface area contributed by atoms with Gasteiger partial charge in [0.2, 0.25) is 0 Å². The van der Waals surface area contributed by atoms with Crippen molar-refractivity contribution in [3.8, 4) is 11.5 Å². The quantitative estimate of drug-likeness (QED) is 0.443. The van der Waals surface area contributed by atoms with E-state index in [1.807, 2.05) is 0 Å². The Hall–Kier alpha value is -3.17. The molecule has 2 rings (SSSR count). The number of phenols is 1. The molecule has 0 aliphatic heterocycles. The number of tetrazole rings is 1. The van der Waals surface area contributed by atoms with Crippen LogP contribution < -0.4 is 10.2 Å². The molecule has 10 nitrogen and oxygen atoms in total. The molecule has 2 aromatic rings. The third kappa shape index (κ3) is 2.63. The van der Waals surface area contributed by atoms with Crippen molar-refractivity contribution >= 4 is 18.1 Å². The zero-order valence-corrected chi connectivity index (χ0v) is 10.2. The molecule has 0 fully saturated rings. The Balaban J connectivity index is 2.35. The van der Waals surface area contributed by atoms with Gasteiger partial charge in [0.05, 0.1) is 24.5 Å². The molecule has 0 amide bonds. The molecule has 0 atom stereocenters. The monoisotopic (exact) mass is 278 g/mol. The van der Waals surface area contributed by atoms with Gasteiger partial charge >= 0.3 is 5.97 Å². The normalized spacial score (nSPS) is 10.7. The van der Waals surface area contributed by atoms with Crippen molar-refractivity contribution in [2.24, 2.45) is 5.10 Å². The van der Waals surface area contributed by atoms with Crippen molar-refractivity contribution in [2.45, 2.75) is 0 Å². The summed E-state index contributed by atoms with van der Waals surface area (Å²) in [6.45, 7) is 0. The van der Waals surface area contributed by atoms with E-state index >= 15 is 0 Å². The maximum atomic E-state index is 11.1. The van der Waals surface area contributed by atoms with Gasteiger partial charge in [0, 0.05) is 0 Å². The number of methoxy groups -OCH3 is 1. The summed E-state index contributed by atoms with van der Waals surface area (Å²) in [7, 11) is 1.31. The third-order valence-electron chi connectivity index (χ3n) is 2.31. The highest BCUT2D eigenvalue weighted by atomic mass is 16.5. The number of nitrogens with one attached hydrogen (secondary N) is 2. The molecule has 1 heterocycles. The van der Waals surface area contributed by atoms with E-state index < -0.39 is 5.97 Å². The summed E-state index contributed by atoms with van der Waals surface area (Å²) >= 11 is 0. The Morgan fingerprint density at radius 3 is 2.95 bits per heavy atom. The molecule has 0 saturated heterocycles. The Labute approximate surface area is 112 Å². The second-order valence-corrected chi connectivity index (χ2v) is 3.49. The molecule has 20 heavy (non-hydrogen) atoms. The van der Waals surface area contributed by atoms with Gasteiger partial charge in [-0.3, -0.25) is 0 Å². The SMILES string of the molecule is COc1c(O)ccc(C(=O)O)c1C=NNc1nn[nH]n1. The van der Waals surface area contributed by atoms with Gasteiger partial charge in [0.15, 0.2) is 11.5 Å². The van der Waals surface area contributed by atoms with Gasteiger partial charge in [0.1, 0.15) is 0 Å². The van der Waals surface area contributed by atoms with Crippen LogP contribution in [0.15, 0.2) is 17.2 Å². The van der Waals surface area contributed by atoms with Crippen LogP contribution >= 0.6 is 0 Å². The number of aromatic hydroxyl groups is 1. The maximum absolute atomic E-state index is 11.1. The van der Waals surface area contributed by atoms with E-state index in [2.05, 4.69) is 31.2 Å². The number of hydrazone groups is 1. The summed E-state index contributed by atoms with van der Waals surface area (Å²) in [5.74, 6) is -1.26. The maximum Gasteiger partial charge on any atom is 0.336 e. The number of anilines is 1. The number of aromatic amines is 1. The summed E-state index contributed by atoms with van der Waals surface area (Å²) in [6, 6.07) is 2.47. The molecule has 1 aromatic heterocycles. The van der Waals surface area contributed by atoms with Crippen LogP contribution in [0.2, 0.25) is 0 Å². The number of nitrogens with zero attached hydrogens (tertiary/aromatic N) is 4. The highest BCUT2D eigenvalue weighted by Gasteiger charge is 2.16. The van der Waals surface area contributed by atoms with Crippen LogP contribution in [-0.4, -0.2) is 50.1 Å². The van der Waals surface area contributed by atoms with Crippen molar-refractivity contribution in [3.05, 3.63) is 23.3 Å². The average molecular weight is 278 g/mol. The standard InChI is InChI=1S/C10H10N6O4/c1-20-8-6(4-11-12-10-13-15-16-14-10)5(9(18)19)2-3-7(8)17/h2-4,17H,1H3,(H,18,19)(H2,12,13,14,15,16). The summed E-state index contributed by atoms with van der Waals surface area (Å²) in [5.41, 5.74) is 2.47. The number of rotatable bonds is 5. The minimum absolute atomic E-state index is 0.00330. The van der Waals surface area contributed by atoms with Crippen LogP contribution in [0, 0.1) is 0 Å². The van der Waals surface area contributed by atoms with Gasteiger partial charge in [-0.05, 0) is 17.3 Å². The molecule has 0 unspecified atom stereocenters. The first-order valence-corrected chi connectivity index (χ1v) is 5.29. The van der Waals surface area contributed by atoms with E-state index in [0.717, 1.165) is 0 Å². The molecule has 0 bridgehead atoms. The van der Waals surface area contributed by atoms with Crippen molar-refractivity contribution in [3.63, 3.8) is 0 Å². The van der Waals surface area contributed by atoms with Gasteiger partial charge in [0.25, 0.3) is 5.95 Å². The van der Waals surface area contributed by atoms with E-state index in [1.54, 1.807) is 0 Å². The molecule has 0 saturated carbocycles. The van der Waals surface area contributed by atoms with Crippen LogP contribution in [0.5, 0.6) is 11.5 Å². The summed E-state index contributed by atoms with van der Waals surface area (Å²) in [5, 5.41) is 35.2. The number of carboxylic acid groups (broad SMARTS) is 1. The number of hydrogen-bond donors (Lipinski definition) is 4. The Kier molecular flexibility index (Phi) is 3.75. The van der Waals surface area contributed by atoms with Crippen LogP contribution in [-0.2, 0) is 0 Å². The van der Waals surface area contributed by atoms with E-state index in [9.17, 15) is 9.90 Å². The number of ether oxygens (including phenoxy) is 1. The van der Waals surface area contributed by atoms with Crippen molar-refractivity contribution in [2.75, 3.05) is 12.5 Å². The van der Waals surface area contributed by atoms with Crippen molar-refractivity contribution < 1.29 is 19.7 Å². The average Bonchev–Trinajstić information content (AvgIpc) is 2.92. The molecular formula is C10H10N6O4. The minimum atomic E-state index is -1.18. The van der Waals surface area contributed by atoms with Crippen LogP contribution in [0.25, 0.3) is 0 Å². The first-order valence-electron chi connectivity index (χ1n) is 5.29. The molecular weight excluding hydrogens is 268 g/mol. The lowest BCUT2D eigenvalue weighted by atomic mass is 10.1. The molecule has 0 aliphatic rings. The lowest BCUT2D eigenvalue weighted by Crippen LogP contribution is -2.05. The van der Waals surface area contributed by atoms with E-state index in [0.29, 0.717) is 0 Å². The second-order valence-electron chi connectivity index (χ2n) is 3.49. The first-order chi connectivity index (χ1) is 9.63. The highest BCUT2D eigenvalue weighted by molar-refractivity contribution is 6.01. The third-order valence-corrected chi connectivity index (χ3v) is 2.31. The molecule has 0 aliphatic carbocycles. The first kappa shape index (κ1) is 13.3. The topological polar surface area (TPSA) is 146 Å². The summed E-state index contributed by atoms with van der Waals surface area (Å²) in [4.78, 5) is 11.1. The smallest absolute Gasteiger partial charge is 0.336 e. The number of benzene rings is 1. The minimum Gasteiger partial charge on any atom is -0.504 e. The summed E-state index contributed by atoms with van der Waals surface area (Å²) in [6.07, 6.45) is 1.18. The highest BCUT2D eigenvalue weighted by Crippen LogP contribution is 2.31. The molecule has 10 heteroatoms. The van der Waals surface area contributed by atoms with Gasteiger partial charge in [-0.2, -0.15) is 10.3 Å². The predicted octanol–water partition coefficient (Wildman–Crippen LogP) is 0.0581. The molecule has 4 N–H and O–H groups in total. The molecule has 1 aromatic carbocycles. The number of carboxylic acids is 1. The second kappa shape index (κ2) is 5.65. The van der Waals surface area contributed by atoms with Crippen LogP contribution in [0.1, 0.15) is 15.9 Å². The number of phenolic OH excluding ortho intramolecular Hbond substituents is 1. The fourth-order valence-electron chi connectivity index (χ4n) is 1.48. The van der Waals surface area contributed by atoms with Gasteiger partial charge in [-0.25, -0.2) is 10.2 Å². The van der Waals surface area contributed by atoms with E-state index in [4.69, 9.17) is 9.84 Å². The Morgan fingerprint density at radius 1 is 1.55 bits per heavy atom. The number of aromatic carboxylic acids is 1. The number of H-pyrrole nitrogens is 1. The lowest BCUT2D eigenvalue weighted by Gasteiger charge is -2.09. The number of hydrogen-bond acceptors (Lipinski definition) is 8. The summed E-state index contributed by atoms with van der Waals surface area (Å²) < 4.78 is 4.97. The molecule has 0 radical (unpaired) electrons. The molecule has 104 valence electrons. The van der Waals surface area contributed by atoms with Gasteiger partial charge in [-0.15, -0.1) is 5.10 Å². The largest absolute Gasteiger partial charge is 0.504 e. The Bertz CT molecular complexity index is 639. The predicted molar refractivity (Wildman–Crippen MR) is 67.0 cm³/mol. The fraction of sp³-hybridized carbons (Fsp3) is 0.100. The van der Waals surface area contributed by atoms with Gasteiger partial charge < -0.3 is 14.9 Å². The van der Waals surface area contributed by atoms with Crippen molar-refractivity contribution in [1.82, 2.24) is 20.6 Å². The van der Waals surface area contributed by atoms with E-state index in [1.165, 1.54) is 25.5 Å². The zero-order valence-electron chi connectivity index (χ0n) is 10.2. The van der Waals surface area contributed by atoms with Crippen LogP contribution in [0.4, 0.5) is 5.95 Å². The van der Waals surface area contributed by atoms with Crippen molar-refractivity contribution in [1.29, 1.82) is 0 Å². The lowest BCUT2D eigenvalue weighted by molar-refractivity contribution is 0.0696.